The minimum atomic E-state index is 1.07. The van der Waals surface area contributed by atoms with Gasteiger partial charge in [0, 0.05) is 10.2 Å². The molecule has 1 nitrogen and oxygen atoms in total. The molecule has 0 atom stereocenters. The molecule has 0 saturated heterocycles. The third-order valence-corrected chi connectivity index (χ3v) is 4.52. The first-order valence-electron chi connectivity index (χ1n) is 7.24. The van der Waals surface area contributed by atoms with Crippen molar-refractivity contribution in [2.24, 2.45) is 0 Å². The number of benzene rings is 4. The van der Waals surface area contributed by atoms with Gasteiger partial charge < -0.3 is 5.32 Å². The highest BCUT2D eigenvalue weighted by atomic mass is 79.9. The van der Waals surface area contributed by atoms with Crippen molar-refractivity contribution in [2.75, 3.05) is 5.32 Å². The zero-order valence-electron chi connectivity index (χ0n) is 11.9. The SMILES string of the molecule is Brc1cc2ccccc2cc1Nc1ccc2ccccc2c1. The molecular weight excluding hydrogens is 334 g/mol. The van der Waals surface area contributed by atoms with Crippen molar-refractivity contribution in [1.82, 2.24) is 0 Å². The Hall–Kier alpha value is -2.32. The van der Waals surface area contributed by atoms with Gasteiger partial charge in [-0.15, -0.1) is 0 Å². The van der Waals surface area contributed by atoms with Crippen LogP contribution in [0.25, 0.3) is 21.5 Å². The van der Waals surface area contributed by atoms with E-state index in [0.717, 1.165) is 15.8 Å². The van der Waals surface area contributed by atoms with E-state index in [1.807, 2.05) is 0 Å². The molecule has 4 aromatic rings. The zero-order valence-corrected chi connectivity index (χ0v) is 13.5. The van der Waals surface area contributed by atoms with Gasteiger partial charge in [0.2, 0.25) is 0 Å². The van der Waals surface area contributed by atoms with E-state index in [-0.39, 0.29) is 0 Å². The summed E-state index contributed by atoms with van der Waals surface area (Å²) in [6.07, 6.45) is 0. The Balaban J connectivity index is 1.76. The van der Waals surface area contributed by atoms with E-state index in [1.54, 1.807) is 0 Å². The predicted molar refractivity (Wildman–Crippen MR) is 98.9 cm³/mol. The lowest BCUT2D eigenvalue weighted by atomic mass is 10.1. The molecule has 2 heteroatoms. The van der Waals surface area contributed by atoms with Crippen molar-refractivity contribution in [3.05, 3.63) is 83.3 Å². The summed E-state index contributed by atoms with van der Waals surface area (Å²) in [4.78, 5) is 0. The van der Waals surface area contributed by atoms with E-state index in [4.69, 9.17) is 0 Å². The van der Waals surface area contributed by atoms with Crippen LogP contribution in [0.2, 0.25) is 0 Å². The van der Waals surface area contributed by atoms with E-state index in [2.05, 4.69) is 100 Å². The smallest absolute Gasteiger partial charge is 0.0535 e. The van der Waals surface area contributed by atoms with Crippen LogP contribution in [0.5, 0.6) is 0 Å². The minimum absolute atomic E-state index is 1.07. The second-order valence-corrected chi connectivity index (χ2v) is 6.22. The van der Waals surface area contributed by atoms with E-state index < -0.39 is 0 Å². The molecule has 4 aromatic carbocycles. The van der Waals surface area contributed by atoms with Gasteiger partial charge in [-0.1, -0.05) is 54.6 Å². The molecule has 0 aromatic heterocycles. The fraction of sp³-hybridized carbons (Fsp3) is 0. The van der Waals surface area contributed by atoms with Crippen LogP contribution in [-0.2, 0) is 0 Å². The maximum Gasteiger partial charge on any atom is 0.0535 e. The zero-order chi connectivity index (χ0) is 14.9. The molecule has 0 aliphatic heterocycles. The number of fused-ring (bicyclic) bond motifs is 2. The lowest BCUT2D eigenvalue weighted by Gasteiger charge is -2.11. The van der Waals surface area contributed by atoms with Crippen LogP contribution in [0.4, 0.5) is 11.4 Å². The Kier molecular flexibility index (Phi) is 3.32. The number of hydrogen-bond acceptors (Lipinski definition) is 1. The van der Waals surface area contributed by atoms with E-state index in [1.165, 1.54) is 21.5 Å². The van der Waals surface area contributed by atoms with Gasteiger partial charge in [-0.25, -0.2) is 0 Å². The van der Waals surface area contributed by atoms with Crippen LogP contribution in [0.3, 0.4) is 0 Å². The Morgan fingerprint density at radius 1 is 0.591 bits per heavy atom. The van der Waals surface area contributed by atoms with Gasteiger partial charge in [-0.05, 0) is 61.7 Å². The molecule has 0 unspecified atom stereocenters. The van der Waals surface area contributed by atoms with Gasteiger partial charge in [0.25, 0.3) is 0 Å². The summed E-state index contributed by atoms with van der Waals surface area (Å²) in [7, 11) is 0. The number of anilines is 2. The van der Waals surface area contributed by atoms with Gasteiger partial charge >= 0.3 is 0 Å². The molecule has 0 saturated carbocycles. The summed E-state index contributed by atoms with van der Waals surface area (Å²) >= 11 is 3.66. The van der Waals surface area contributed by atoms with Crippen LogP contribution in [0.15, 0.2) is 83.3 Å². The average Bonchev–Trinajstić information content (AvgIpc) is 2.55. The fourth-order valence-electron chi connectivity index (χ4n) is 2.73. The summed E-state index contributed by atoms with van der Waals surface area (Å²) in [5.41, 5.74) is 2.17. The van der Waals surface area contributed by atoms with Crippen LogP contribution >= 0.6 is 15.9 Å². The van der Waals surface area contributed by atoms with Crippen LogP contribution in [-0.4, -0.2) is 0 Å². The Labute approximate surface area is 137 Å². The largest absolute Gasteiger partial charge is 0.355 e. The fourth-order valence-corrected chi connectivity index (χ4v) is 3.19. The molecule has 0 heterocycles. The minimum Gasteiger partial charge on any atom is -0.355 e. The topological polar surface area (TPSA) is 12.0 Å². The first-order chi connectivity index (χ1) is 10.8. The maximum absolute atomic E-state index is 3.66. The average molecular weight is 348 g/mol. The van der Waals surface area contributed by atoms with Crippen LogP contribution < -0.4 is 5.32 Å². The normalized spacial score (nSPS) is 11.0. The third-order valence-electron chi connectivity index (χ3n) is 3.86. The molecule has 0 bridgehead atoms. The molecule has 0 aliphatic carbocycles. The summed E-state index contributed by atoms with van der Waals surface area (Å²) in [5.74, 6) is 0. The maximum atomic E-state index is 3.66. The van der Waals surface area contributed by atoms with Crippen molar-refractivity contribution in [3.8, 4) is 0 Å². The summed E-state index contributed by atoms with van der Waals surface area (Å²) in [6.45, 7) is 0. The van der Waals surface area contributed by atoms with Gasteiger partial charge in [0.05, 0.1) is 5.69 Å². The number of nitrogens with one attached hydrogen (secondary N) is 1. The van der Waals surface area contributed by atoms with Crippen LogP contribution in [0.1, 0.15) is 0 Å². The molecule has 0 amide bonds. The predicted octanol–water partition coefficient (Wildman–Crippen LogP) is 6.50. The summed E-state index contributed by atoms with van der Waals surface area (Å²) in [5, 5.41) is 8.47. The lowest BCUT2D eigenvalue weighted by molar-refractivity contribution is 1.56. The van der Waals surface area contributed by atoms with Gasteiger partial charge in [-0.3, -0.25) is 0 Å². The van der Waals surface area contributed by atoms with Crippen molar-refractivity contribution >= 4 is 48.8 Å². The quantitative estimate of drug-likeness (QED) is 0.436. The first-order valence-corrected chi connectivity index (χ1v) is 8.03. The molecule has 22 heavy (non-hydrogen) atoms. The molecule has 0 aliphatic rings. The van der Waals surface area contributed by atoms with Crippen molar-refractivity contribution in [2.45, 2.75) is 0 Å². The number of halogens is 1. The molecule has 4 rings (SSSR count). The van der Waals surface area contributed by atoms with Crippen LogP contribution in [0, 0.1) is 0 Å². The molecule has 0 spiro atoms. The summed E-state index contributed by atoms with van der Waals surface area (Å²) < 4.78 is 1.07. The first kappa shape index (κ1) is 13.4. The standard InChI is InChI=1S/C20H14BrN/c21-19-12-16-7-3-4-8-17(16)13-20(19)22-18-10-9-14-5-1-2-6-15(14)11-18/h1-13,22H. The van der Waals surface area contributed by atoms with E-state index >= 15 is 0 Å². The third kappa shape index (κ3) is 2.46. The Morgan fingerprint density at radius 3 is 1.91 bits per heavy atom. The molecule has 0 radical (unpaired) electrons. The molecular formula is C20H14BrN. The Morgan fingerprint density at radius 2 is 1.18 bits per heavy atom. The van der Waals surface area contributed by atoms with E-state index in [0.29, 0.717) is 0 Å². The Bertz CT molecular complexity index is 975. The van der Waals surface area contributed by atoms with Crippen molar-refractivity contribution in [3.63, 3.8) is 0 Å². The number of hydrogen-bond donors (Lipinski definition) is 1. The number of rotatable bonds is 2. The molecule has 0 fully saturated rings. The van der Waals surface area contributed by atoms with Gasteiger partial charge in [-0.2, -0.15) is 0 Å². The summed E-state index contributed by atoms with van der Waals surface area (Å²) in [6, 6.07) is 27.5. The highest BCUT2D eigenvalue weighted by Gasteiger charge is 2.04. The highest BCUT2D eigenvalue weighted by Crippen LogP contribution is 2.31. The van der Waals surface area contributed by atoms with Crippen molar-refractivity contribution < 1.29 is 0 Å². The van der Waals surface area contributed by atoms with E-state index in [9.17, 15) is 0 Å². The lowest BCUT2D eigenvalue weighted by Crippen LogP contribution is -1.91. The molecule has 106 valence electrons. The molecule has 1 N–H and O–H groups in total. The van der Waals surface area contributed by atoms with Crippen molar-refractivity contribution in [1.29, 1.82) is 0 Å². The second kappa shape index (κ2) is 5.47. The highest BCUT2D eigenvalue weighted by molar-refractivity contribution is 9.10. The van der Waals surface area contributed by atoms with Gasteiger partial charge in [0.15, 0.2) is 0 Å². The van der Waals surface area contributed by atoms with Gasteiger partial charge in [0.1, 0.15) is 0 Å². The monoisotopic (exact) mass is 347 g/mol. The second-order valence-electron chi connectivity index (χ2n) is 5.37.